The summed E-state index contributed by atoms with van der Waals surface area (Å²) in [5.41, 5.74) is -1.33. The van der Waals surface area contributed by atoms with Gasteiger partial charge in [-0.05, 0) is 29.7 Å². The maximum absolute atomic E-state index is 13.3. The lowest BCUT2D eigenvalue weighted by molar-refractivity contribution is -0.139. The minimum absolute atomic E-state index is 0.0660. The zero-order valence-corrected chi connectivity index (χ0v) is 17.9. The summed E-state index contributed by atoms with van der Waals surface area (Å²) < 4.78 is 79.6. The van der Waals surface area contributed by atoms with E-state index in [2.05, 4.69) is 10.1 Å². The zero-order valence-electron chi connectivity index (χ0n) is 17.9. The van der Waals surface area contributed by atoms with E-state index < -0.39 is 29.4 Å². The van der Waals surface area contributed by atoms with Gasteiger partial charge in [-0.3, -0.25) is 4.79 Å². The quantitative estimate of drug-likeness (QED) is 0.450. The highest BCUT2D eigenvalue weighted by molar-refractivity contribution is 5.95. The molecule has 0 unspecified atom stereocenters. The second kappa shape index (κ2) is 8.87. The molecule has 0 aliphatic carbocycles. The summed E-state index contributed by atoms with van der Waals surface area (Å²) in [5.74, 6) is -0.781. The van der Waals surface area contributed by atoms with Crippen LogP contribution in [-0.2, 0) is 18.9 Å². The van der Waals surface area contributed by atoms with Crippen LogP contribution in [-0.4, -0.2) is 32.6 Å². The molecule has 0 saturated carbocycles. The minimum atomic E-state index is -4.57. The lowest BCUT2D eigenvalue weighted by Crippen LogP contribution is -2.28. The Hall–Kier alpha value is -3.37. The Morgan fingerprint density at radius 1 is 1.00 bits per heavy atom. The number of rotatable bonds is 5. The van der Waals surface area contributed by atoms with Crippen molar-refractivity contribution in [2.24, 2.45) is 0 Å². The first-order valence-corrected chi connectivity index (χ1v) is 9.82. The number of nitrogens with zero attached hydrogens (tertiary/aromatic N) is 4. The van der Waals surface area contributed by atoms with Gasteiger partial charge in [-0.1, -0.05) is 32.0 Å². The smallest absolute Gasteiger partial charge is 0.337 e. The Labute approximate surface area is 185 Å². The number of alkyl halides is 6. The van der Waals surface area contributed by atoms with Crippen molar-refractivity contribution in [2.45, 2.75) is 38.7 Å². The number of carbonyl (C=O) groups is 1. The van der Waals surface area contributed by atoms with E-state index in [1.165, 1.54) is 36.1 Å². The van der Waals surface area contributed by atoms with E-state index in [1.54, 1.807) is 13.8 Å². The van der Waals surface area contributed by atoms with Gasteiger partial charge in [0.25, 0.3) is 5.91 Å². The number of aromatic nitrogens is 3. The molecular weight excluding hydrogens is 450 g/mol. The molecule has 0 fully saturated rings. The van der Waals surface area contributed by atoms with Crippen LogP contribution in [0.1, 0.15) is 52.5 Å². The molecule has 11 heteroatoms. The zero-order chi connectivity index (χ0) is 24.6. The maximum atomic E-state index is 13.3. The Balaban J connectivity index is 1.93. The van der Waals surface area contributed by atoms with Gasteiger partial charge in [0, 0.05) is 19.8 Å². The standard InChI is InChI=1S/C22H20F6N4O/c1-13(2)19-16(11-30-32(19)18-9-8-15(10-29-18)21(23,24)25)20(33)31(3)12-14-6-4-5-7-17(14)22(26,27)28/h4-11,13H,12H2,1-3H3. The SMILES string of the molecule is CC(C)c1c(C(=O)N(C)Cc2ccccc2C(F)(F)F)cnn1-c1ccc(C(F)(F)F)cn1. The predicted molar refractivity (Wildman–Crippen MR) is 108 cm³/mol. The highest BCUT2D eigenvalue weighted by atomic mass is 19.4. The summed E-state index contributed by atoms with van der Waals surface area (Å²) in [5, 5.41) is 4.11. The van der Waals surface area contributed by atoms with E-state index in [1.807, 2.05) is 0 Å². The molecule has 3 aromatic rings. The predicted octanol–water partition coefficient (Wildman–Crippen LogP) is 5.70. The molecule has 0 radical (unpaired) electrons. The summed E-state index contributed by atoms with van der Waals surface area (Å²) in [6.45, 7) is 3.22. The molecule has 176 valence electrons. The third-order valence-corrected chi connectivity index (χ3v) is 4.95. The van der Waals surface area contributed by atoms with Gasteiger partial charge in [-0.2, -0.15) is 31.4 Å². The van der Waals surface area contributed by atoms with Crippen LogP contribution in [0.25, 0.3) is 5.82 Å². The topological polar surface area (TPSA) is 51.0 Å². The number of halogens is 6. The lowest BCUT2D eigenvalue weighted by atomic mass is 10.0. The number of benzene rings is 1. The van der Waals surface area contributed by atoms with Crippen LogP contribution in [0.4, 0.5) is 26.3 Å². The molecule has 0 aliphatic heterocycles. The highest BCUT2D eigenvalue weighted by Gasteiger charge is 2.34. The Bertz CT molecular complexity index is 1130. The van der Waals surface area contributed by atoms with E-state index >= 15 is 0 Å². The molecule has 1 amide bonds. The Morgan fingerprint density at radius 3 is 2.21 bits per heavy atom. The van der Waals surface area contributed by atoms with Gasteiger partial charge in [0.15, 0.2) is 5.82 Å². The second-order valence-corrected chi connectivity index (χ2v) is 7.73. The number of hydrogen-bond acceptors (Lipinski definition) is 3. The van der Waals surface area contributed by atoms with Gasteiger partial charge >= 0.3 is 12.4 Å². The van der Waals surface area contributed by atoms with Crippen LogP contribution in [0.2, 0.25) is 0 Å². The highest BCUT2D eigenvalue weighted by Crippen LogP contribution is 2.33. The molecule has 2 heterocycles. The van der Waals surface area contributed by atoms with Crippen molar-refractivity contribution in [3.05, 3.63) is 76.7 Å². The van der Waals surface area contributed by atoms with E-state index in [4.69, 9.17) is 0 Å². The molecule has 0 atom stereocenters. The van der Waals surface area contributed by atoms with Gasteiger partial charge in [-0.15, -0.1) is 0 Å². The van der Waals surface area contributed by atoms with E-state index in [0.717, 1.165) is 23.1 Å². The van der Waals surface area contributed by atoms with Crippen molar-refractivity contribution >= 4 is 5.91 Å². The summed E-state index contributed by atoms with van der Waals surface area (Å²) in [7, 11) is 1.37. The molecule has 0 bridgehead atoms. The molecule has 0 N–H and O–H groups in total. The Kier molecular flexibility index (Phi) is 6.53. The molecule has 0 saturated heterocycles. The first-order valence-electron chi connectivity index (χ1n) is 9.82. The molecule has 1 aromatic carbocycles. The minimum Gasteiger partial charge on any atom is -0.337 e. The van der Waals surface area contributed by atoms with Gasteiger partial charge in [0.2, 0.25) is 0 Å². The molecule has 33 heavy (non-hydrogen) atoms. The fourth-order valence-electron chi connectivity index (χ4n) is 3.41. The van der Waals surface area contributed by atoms with Gasteiger partial charge in [0.05, 0.1) is 28.6 Å². The van der Waals surface area contributed by atoms with Crippen LogP contribution in [0.5, 0.6) is 0 Å². The van der Waals surface area contributed by atoms with Gasteiger partial charge < -0.3 is 4.90 Å². The second-order valence-electron chi connectivity index (χ2n) is 7.73. The summed E-state index contributed by atoms with van der Waals surface area (Å²) in [6.07, 6.45) is -7.21. The fourth-order valence-corrected chi connectivity index (χ4v) is 3.41. The third-order valence-electron chi connectivity index (χ3n) is 4.95. The normalized spacial score (nSPS) is 12.3. The molecule has 2 aromatic heterocycles. The van der Waals surface area contributed by atoms with Crippen LogP contribution in [0.15, 0.2) is 48.8 Å². The van der Waals surface area contributed by atoms with Crippen molar-refractivity contribution in [3.8, 4) is 5.82 Å². The van der Waals surface area contributed by atoms with E-state index in [-0.39, 0.29) is 29.4 Å². The number of pyridine rings is 1. The molecule has 0 aliphatic rings. The number of carbonyl (C=O) groups excluding carboxylic acids is 1. The largest absolute Gasteiger partial charge is 0.417 e. The summed E-state index contributed by atoms with van der Waals surface area (Å²) in [4.78, 5) is 18.0. The number of hydrogen-bond donors (Lipinski definition) is 0. The van der Waals surface area contributed by atoms with Crippen LogP contribution in [0.3, 0.4) is 0 Å². The van der Waals surface area contributed by atoms with Crippen molar-refractivity contribution in [1.29, 1.82) is 0 Å². The van der Waals surface area contributed by atoms with Gasteiger partial charge in [-0.25, -0.2) is 9.67 Å². The monoisotopic (exact) mass is 470 g/mol. The van der Waals surface area contributed by atoms with Crippen molar-refractivity contribution in [3.63, 3.8) is 0 Å². The van der Waals surface area contributed by atoms with Gasteiger partial charge in [0.1, 0.15) is 0 Å². The molecular formula is C22H20F6N4O. The average molecular weight is 470 g/mol. The fraction of sp³-hybridized carbons (Fsp3) is 0.318. The van der Waals surface area contributed by atoms with Crippen molar-refractivity contribution < 1.29 is 31.1 Å². The molecule has 0 spiro atoms. The molecule has 3 rings (SSSR count). The van der Waals surface area contributed by atoms with Crippen LogP contribution >= 0.6 is 0 Å². The van der Waals surface area contributed by atoms with E-state index in [0.29, 0.717) is 11.9 Å². The lowest BCUT2D eigenvalue weighted by Gasteiger charge is -2.21. The first-order chi connectivity index (χ1) is 15.3. The van der Waals surface area contributed by atoms with Crippen LogP contribution in [0, 0.1) is 0 Å². The van der Waals surface area contributed by atoms with Crippen molar-refractivity contribution in [1.82, 2.24) is 19.7 Å². The summed E-state index contributed by atoms with van der Waals surface area (Å²) >= 11 is 0. The third kappa shape index (κ3) is 5.18. The van der Waals surface area contributed by atoms with E-state index in [9.17, 15) is 31.1 Å². The van der Waals surface area contributed by atoms with Crippen molar-refractivity contribution in [2.75, 3.05) is 7.05 Å². The molecule has 5 nitrogen and oxygen atoms in total. The average Bonchev–Trinajstić information content (AvgIpc) is 3.17. The first kappa shape index (κ1) is 24.3. The van der Waals surface area contributed by atoms with Crippen LogP contribution < -0.4 is 0 Å². The maximum Gasteiger partial charge on any atom is 0.417 e. The number of amides is 1. The summed E-state index contributed by atoms with van der Waals surface area (Å²) in [6, 6.07) is 6.96. The Morgan fingerprint density at radius 2 is 1.67 bits per heavy atom.